The molecule has 1 N–H and O–H groups in total. The maximum absolute atomic E-state index is 12.2. The number of terminal acetylenes is 1. The lowest BCUT2D eigenvalue weighted by molar-refractivity contribution is 0.0793. The molecule has 1 heterocycles. The van der Waals surface area contributed by atoms with E-state index in [1.165, 1.54) is 0 Å². The third-order valence-corrected chi connectivity index (χ3v) is 3.32. The quantitative estimate of drug-likeness (QED) is 0.850. The van der Waals surface area contributed by atoms with Gasteiger partial charge in [-0.1, -0.05) is 17.5 Å². The molecule has 0 aromatic heterocycles. The van der Waals surface area contributed by atoms with Crippen LogP contribution in [0.25, 0.3) is 0 Å². The monoisotopic (exact) mass is 262 g/mol. The molecule has 0 atom stereocenters. The van der Waals surface area contributed by atoms with Gasteiger partial charge in [-0.3, -0.25) is 4.79 Å². The van der Waals surface area contributed by atoms with Gasteiger partial charge in [0.2, 0.25) is 0 Å². The Hall–Kier alpha value is -1.66. The molecule has 1 aliphatic heterocycles. The first-order valence-corrected chi connectivity index (χ1v) is 6.36. The van der Waals surface area contributed by atoms with Crippen LogP contribution in [0.5, 0.6) is 0 Å². The lowest BCUT2D eigenvalue weighted by Crippen LogP contribution is -2.27. The Morgan fingerprint density at radius 2 is 2.17 bits per heavy atom. The van der Waals surface area contributed by atoms with E-state index in [1.807, 2.05) is 4.90 Å². The fourth-order valence-corrected chi connectivity index (χ4v) is 2.23. The molecule has 1 aromatic carbocycles. The SMILES string of the molecule is C#CCNc1cc(C(=O)N2CCCC2)ccc1Cl. The summed E-state index contributed by atoms with van der Waals surface area (Å²) in [5.41, 5.74) is 1.36. The van der Waals surface area contributed by atoms with Crippen molar-refractivity contribution < 1.29 is 4.79 Å². The van der Waals surface area contributed by atoms with Gasteiger partial charge in [0.1, 0.15) is 0 Å². The lowest BCUT2D eigenvalue weighted by atomic mass is 10.1. The van der Waals surface area contributed by atoms with E-state index < -0.39 is 0 Å². The highest BCUT2D eigenvalue weighted by atomic mass is 35.5. The van der Waals surface area contributed by atoms with Crippen molar-refractivity contribution in [1.29, 1.82) is 0 Å². The number of carbonyl (C=O) groups excluding carboxylic acids is 1. The third-order valence-electron chi connectivity index (χ3n) is 2.99. The third kappa shape index (κ3) is 2.77. The van der Waals surface area contributed by atoms with E-state index >= 15 is 0 Å². The van der Waals surface area contributed by atoms with Crippen molar-refractivity contribution in [3.8, 4) is 12.3 Å². The van der Waals surface area contributed by atoms with E-state index in [9.17, 15) is 4.79 Å². The minimum atomic E-state index is 0.0629. The van der Waals surface area contributed by atoms with Gasteiger partial charge in [0.05, 0.1) is 17.3 Å². The highest BCUT2D eigenvalue weighted by Gasteiger charge is 2.19. The Morgan fingerprint density at radius 3 is 2.83 bits per heavy atom. The first-order valence-electron chi connectivity index (χ1n) is 5.98. The highest BCUT2D eigenvalue weighted by Crippen LogP contribution is 2.24. The molecule has 4 heteroatoms. The topological polar surface area (TPSA) is 32.3 Å². The first kappa shape index (κ1) is 12.8. The van der Waals surface area contributed by atoms with Crippen molar-refractivity contribution in [3.63, 3.8) is 0 Å². The number of hydrogen-bond donors (Lipinski definition) is 1. The Kier molecular flexibility index (Phi) is 4.11. The fraction of sp³-hybridized carbons (Fsp3) is 0.357. The number of nitrogens with one attached hydrogen (secondary N) is 1. The molecule has 94 valence electrons. The van der Waals surface area contributed by atoms with Crippen LogP contribution in [0.4, 0.5) is 5.69 Å². The predicted octanol–water partition coefficient (Wildman–Crippen LogP) is 2.62. The summed E-state index contributed by atoms with van der Waals surface area (Å²) >= 11 is 6.04. The second-order valence-corrected chi connectivity index (χ2v) is 4.66. The summed E-state index contributed by atoms with van der Waals surface area (Å²) in [6.45, 7) is 2.07. The van der Waals surface area contributed by atoms with Gasteiger partial charge in [0.25, 0.3) is 5.91 Å². The number of nitrogens with zero attached hydrogens (tertiary/aromatic N) is 1. The van der Waals surface area contributed by atoms with E-state index in [0.717, 1.165) is 25.9 Å². The highest BCUT2D eigenvalue weighted by molar-refractivity contribution is 6.33. The van der Waals surface area contributed by atoms with E-state index in [4.69, 9.17) is 18.0 Å². The molecule has 0 aliphatic carbocycles. The van der Waals surface area contributed by atoms with Gasteiger partial charge in [0.15, 0.2) is 0 Å². The number of carbonyl (C=O) groups is 1. The Balaban J connectivity index is 2.18. The Labute approximate surface area is 112 Å². The summed E-state index contributed by atoms with van der Waals surface area (Å²) in [6, 6.07) is 5.24. The van der Waals surface area contributed by atoms with Gasteiger partial charge in [0, 0.05) is 18.7 Å². The average molecular weight is 263 g/mol. The molecule has 1 aliphatic rings. The number of rotatable bonds is 3. The number of benzene rings is 1. The predicted molar refractivity (Wildman–Crippen MR) is 73.9 cm³/mol. The van der Waals surface area contributed by atoms with Crippen LogP contribution in [-0.2, 0) is 0 Å². The number of amides is 1. The average Bonchev–Trinajstić information content (AvgIpc) is 2.91. The Morgan fingerprint density at radius 1 is 1.44 bits per heavy atom. The minimum absolute atomic E-state index is 0.0629. The zero-order valence-electron chi connectivity index (χ0n) is 10.1. The first-order chi connectivity index (χ1) is 8.72. The molecule has 1 fully saturated rings. The molecule has 1 amide bonds. The van der Waals surface area contributed by atoms with Gasteiger partial charge in [-0.25, -0.2) is 0 Å². The smallest absolute Gasteiger partial charge is 0.253 e. The largest absolute Gasteiger partial charge is 0.373 e. The molecule has 0 radical (unpaired) electrons. The van der Waals surface area contributed by atoms with E-state index in [0.29, 0.717) is 22.8 Å². The fourth-order valence-electron chi connectivity index (χ4n) is 2.04. The van der Waals surface area contributed by atoms with Gasteiger partial charge < -0.3 is 10.2 Å². The van der Waals surface area contributed by atoms with Gasteiger partial charge in [-0.15, -0.1) is 6.42 Å². The molecule has 18 heavy (non-hydrogen) atoms. The maximum Gasteiger partial charge on any atom is 0.253 e. The molecule has 1 aromatic rings. The van der Waals surface area contributed by atoms with Crippen LogP contribution in [0.3, 0.4) is 0 Å². The number of likely N-dealkylation sites (tertiary alicyclic amines) is 1. The number of anilines is 1. The van der Waals surface area contributed by atoms with Crippen LogP contribution in [0.1, 0.15) is 23.2 Å². The van der Waals surface area contributed by atoms with Crippen LogP contribution in [-0.4, -0.2) is 30.4 Å². The van der Waals surface area contributed by atoms with E-state index in [-0.39, 0.29) is 5.91 Å². The summed E-state index contributed by atoms with van der Waals surface area (Å²) in [5, 5.41) is 3.58. The summed E-state index contributed by atoms with van der Waals surface area (Å²) < 4.78 is 0. The molecule has 0 spiro atoms. The lowest BCUT2D eigenvalue weighted by Gasteiger charge is -2.16. The second kappa shape index (κ2) is 5.79. The molecular weight excluding hydrogens is 248 g/mol. The zero-order chi connectivity index (χ0) is 13.0. The molecular formula is C14H15ClN2O. The van der Waals surface area contributed by atoms with Crippen molar-refractivity contribution >= 4 is 23.2 Å². The molecule has 1 saturated heterocycles. The minimum Gasteiger partial charge on any atom is -0.373 e. The molecule has 3 nitrogen and oxygen atoms in total. The molecule has 0 saturated carbocycles. The molecule has 2 rings (SSSR count). The summed E-state index contributed by atoms with van der Waals surface area (Å²) in [7, 11) is 0. The van der Waals surface area contributed by atoms with Crippen molar-refractivity contribution in [2.24, 2.45) is 0 Å². The van der Waals surface area contributed by atoms with Crippen LogP contribution in [0.15, 0.2) is 18.2 Å². The zero-order valence-corrected chi connectivity index (χ0v) is 10.8. The van der Waals surface area contributed by atoms with Crippen molar-refractivity contribution in [3.05, 3.63) is 28.8 Å². The van der Waals surface area contributed by atoms with Crippen LogP contribution in [0.2, 0.25) is 5.02 Å². The standard InChI is InChI=1S/C14H15ClN2O/c1-2-7-16-13-10-11(5-6-12(13)15)14(18)17-8-3-4-9-17/h1,5-6,10,16H,3-4,7-9H2. The molecule has 0 bridgehead atoms. The Bertz CT molecular complexity index is 487. The summed E-state index contributed by atoms with van der Waals surface area (Å²) in [6.07, 6.45) is 7.36. The van der Waals surface area contributed by atoms with Crippen LogP contribution in [0, 0.1) is 12.3 Å². The number of halogens is 1. The van der Waals surface area contributed by atoms with Crippen LogP contribution >= 0.6 is 11.6 Å². The van der Waals surface area contributed by atoms with Crippen molar-refractivity contribution in [2.75, 3.05) is 25.0 Å². The maximum atomic E-state index is 12.2. The molecule has 0 unspecified atom stereocenters. The number of hydrogen-bond acceptors (Lipinski definition) is 2. The van der Waals surface area contributed by atoms with E-state index in [2.05, 4.69) is 11.2 Å². The summed E-state index contributed by atoms with van der Waals surface area (Å²) in [5.74, 6) is 2.54. The van der Waals surface area contributed by atoms with Gasteiger partial charge in [-0.2, -0.15) is 0 Å². The van der Waals surface area contributed by atoms with Crippen molar-refractivity contribution in [2.45, 2.75) is 12.8 Å². The normalized spacial score (nSPS) is 14.3. The second-order valence-electron chi connectivity index (χ2n) is 4.25. The summed E-state index contributed by atoms with van der Waals surface area (Å²) in [4.78, 5) is 14.1. The van der Waals surface area contributed by atoms with Gasteiger partial charge in [-0.05, 0) is 31.0 Å². The van der Waals surface area contributed by atoms with Gasteiger partial charge >= 0.3 is 0 Å². The van der Waals surface area contributed by atoms with E-state index in [1.54, 1.807) is 18.2 Å². The van der Waals surface area contributed by atoms with Crippen LogP contribution < -0.4 is 5.32 Å². The van der Waals surface area contributed by atoms with Crippen molar-refractivity contribution in [1.82, 2.24) is 4.90 Å².